The molecule has 0 bridgehead atoms. The molecule has 3 rings (SSSR count). The Morgan fingerprint density at radius 2 is 2.22 bits per heavy atom. The van der Waals surface area contributed by atoms with Crippen LogP contribution in [0.2, 0.25) is 0 Å². The predicted octanol–water partition coefficient (Wildman–Crippen LogP) is 1.24. The summed E-state index contributed by atoms with van der Waals surface area (Å²) in [6, 6.07) is 7.64. The molecule has 1 aromatic carbocycles. The number of fused-ring (bicyclic) bond motifs is 1. The summed E-state index contributed by atoms with van der Waals surface area (Å²) < 4.78 is 7.27. The molecular weight excluding hydrogens is 344 g/mol. The van der Waals surface area contributed by atoms with Gasteiger partial charge in [-0.1, -0.05) is 12.1 Å². The van der Waals surface area contributed by atoms with Crippen molar-refractivity contribution in [2.75, 3.05) is 38.7 Å². The van der Waals surface area contributed by atoms with Crippen LogP contribution in [0.15, 0.2) is 41.7 Å². The molecule has 1 aromatic heterocycles. The number of nitrogens with zero attached hydrogens (tertiary/aromatic N) is 5. The summed E-state index contributed by atoms with van der Waals surface area (Å²) in [5.41, 5.74) is 1.96. The molecule has 0 spiro atoms. The summed E-state index contributed by atoms with van der Waals surface area (Å²) in [5.74, 6) is 1.57. The number of carbonyl (C=O) groups is 1. The maximum absolute atomic E-state index is 12.2. The van der Waals surface area contributed by atoms with Crippen LogP contribution in [0.1, 0.15) is 12.0 Å². The zero-order valence-corrected chi connectivity index (χ0v) is 16.1. The SMILES string of the molecule is CN=C(NCCCN1C(=O)COc2ccccc21)N(C)Cc1cnn(C)c1. The van der Waals surface area contributed by atoms with E-state index in [1.54, 1.807) is 16.6 Å². The number of para-hydroxylation sites is 2. The van der Waals surface area contributed by atoms with E-state index in [0.29, 0.717) is 6.54 Å². The summed E-state index contributed by atoms with van der Waals surface area (Å²) in [6.07, 6.45) is 4.65. The largest absolute Gasteiger partial charge is 0.482 e. The highest BCUT2D eigenvalue weighted by molar-refractivity contribution is 5.97. The van der Waals surface area contributed by atoms with Gasteiger partial charge in [0.2, 0.25) is 0 Å². The van der Waals surface area contributed by atoms with Gasteiger partial charge in [0.05, 0.1) is 11.9 Å². The Morgan fingerprint density at radius 1 is 1.41 bits per heavy atom. The van der Waals surface area contributed by atoms with E-state index in [-0.39, 0.29) is 12.5 Å². The number of aliphatic imine (C=N–C) groups is 1. The van der Waals surface area contributed by atoms with Crippen LogP contribution < -0.4 is 15.0 Å². The highest BCUT2D eigenvalue weighted by atomic mass is 16.5. The van der Waals surface area contributed by atoms with Crippen LogP contribution in [0.4, 0.5) is 5.69 Å². The smallest absolute Gasteiger partial charge is 0.265 e. The lowest BCUT2D eigenvalue weighted by Gasteiger charge is -2.29. The van der Waals surface area contributed by atoms with E-state index in [9.17, 15) is 4.79 Å². The zero-order valence-electron chi connectivity index (χ0n) is 16.1. The number of aryl methyl sites for hydroxylation is 1. The van der Waals surface area contributed by atoms with Crippen LogP contribution in [0, 0.1) is 0 Å². The van der Waals surface area contributed by atoms with E-state index in [1.807, 2.05) is 55.7 Å². The van der Waals surface area contributed by atoms with E-state index >= 15 is 0 Å². The van der Waals surface area contributed by atoms with Crippen molar-refractivity contribution in [3.8, 4) is 5.75 Å². The van der Waals surface area contributed by atoms with Crippen molar-refractivity contribution in [3.63, 3.8) is 0 Å². The van der Waals surface area contributed by atoms with Gasteiger partial charge in [0.15, 0.2) is 12.6 Å². The summed E-state index contributed by atoms with van der Waals surface area (Å²) >= 11 is 0. The monoisotopic (exact) mass is 370 g/mol. The van der Waals surface area contributed by atoms with E-state index in [4.69, 9.17) is 4.74 Å². The number of hydrogen-bond donors (Lipinski definition) is 1. The first-order chi connectivity index (χ1) is 13.1. The lowest BCUT2D eigenvalue weighted by molar-refractivity contribution is -0.121. The summed E-state index contributed by atoms with van der Waals surface area (Å²) in [4.78, 5) is 20.4. The minimum absolute atomic E-state index is 0.00761. The molecule has 27 heavy (non-hydrogen) atoms. The molecule has 0 unspecified atom stereocenters. The summed E-state index contributed by atoms with van der Waals surface area (Å²) in [7, 11) is 5.66. The van der Waals surface area contributed by atoms with Crippen molar-refractivity contribution in [2.45, 2.75) is 13.0 Å². The van der Waals surface area contributed by atoms with Gasteiger partial charge in [-0.25, -0.2) is 0 Å². The highest BCUT2D eigenvalue weighted by Gasteiger charge is 2.24. The Balaban J connectivity index is 1.49. The van der Waals surface area contributed by atoms with Crippen LogP contribution in [0.5, 0.6) is 5.75 Å². The van der Waals surface area contributed by atoms with E-state index in [2.05, 4.69) is 15.4 Å². The standard InChI is InChI=1S/C19H26N6O2/c1-20-19(23(2)12-15-11-22-24(3)13-15)21-9-6-10-25-16-7-4-5-8-17(16)27-14-18(25)26/h4-5,7-8,11,13H,6,9-10,12,14H2,1-3H3,(H,20,21). The van der Waals surface area contributed by atoms with Gasteiger partial charge >= 0.3 is 0 Å². The van der Waals surface area contributed by atoms with Gasteiger partial charge in [0.1, 0.15) is 5.75 Å². The lowest BCUT2D eigenvalue weighted by Crippen LogP contribution is -2.42. The van der Waals surface area contributed by atoms with Crippen LogP contribution in [0.25, 0.3) is 0 Å². The Kier molecular flexibility index (Phi) is 5.95. The average molecular weight is 370 g/mol. The van der Waals surface area contributed by atoms with Crippen molar-refractivity contribution < 1.29 is 9.53 Å². The normalized spacial score (nSPS) is 14.0. The van der Waals surface area contributed by atoms with Crippen molar-refractivity contribution in [3.05, 3.63) is 42.2 Å². The molecule has 8 nitrogen and oxygen atoms in total. The number of nitrogens with one attached hydrogen (secondary N) is 1. The first-order valence-electron chi connectivity index (χ1n) is 9.00. The predicted molar refractivity (Wildman–Crippen MR) is 105 cm³/mol. The Hall–Kier alpha value is -3.03. The third kappa shape index (κ3) is 4.58. The molecule has 0 fully saturated rings. The Labute approximate surface area is 159 Å². The number of aromatic nitrogens is 2. The maximum atomic E-state index is 12.2. The number of guanidine groups is 1. The molecule has 2 heterocycles. The molecule has 1 aliphatic heterocycles. The maximum Gasteiger partial charge on any atom is 0.265 e. The number of ether oxygens (including phenoxy) is 1. The topological polar surface area (TPSA) is 75.0 Å². The lowest BCUT2D eigenvalue weighted by atomic mass is 10.2. The fourth-order valence-electron chi connectivity index (χ4n) is 3.12. The fraction of sp³-hybridized carbons (Fsp3) is 0.421. The minimum atomic E-state index is -0.00761. The molecular formula is C19H26N6O2. The Bertz CT molecular complexity index is 816. The first-order valence-corrected chi connectivity index (χ1v) is 9.00. The van der Waals surface area contributed by atoms with Crippen molar-refractivity contribution in [2.24, 2.45) is 12.0 Å². The van der Waals surface area contributed by atoms with Crippen LogP contribution in [0.3, 0.4) is 0 Å². The number of rotatable bonds is 6. The number of anilines is 1. The van der Waals surface area contributed by atoms with Crippen LogP contribution >= 0.6 is 0 Å². The average Bonchev–Trinajstić information content (AvgIpc) is 3.07. The molecule has 1 N–H and O–H groups in total. The molecule has 2 aromatic rings. The van der Waals surface area contributed by atoms with Crippen molar-refractivity contribution in [1.29, 1.82) is 0 Å². The zero-order chi connectivity index (χ0) is 19.2. The van der Waals surface area contributed by atoms with E-state index < -0.39 is 0 Å². The molecule has 0 saturated carbocycles. The quantitative estimate of drug-likeness (QED) is 0.470. The van der Waals surface area contributed by atoms with Gasteiger partial charge in [-0.2, -0.15) is 5.10 Å². The second-order valence-corrected chi connectivity index (χ2v) is 6.51. The molecule has 0 atom stereocenters. The van der Waals surface area contributed by atoms with Crippen LogP contribution in [-0.4, -0.2) is 60.3 Å². The molecule has 1 amide bonds. The minimum Gasteiger partial charge on any atom is -0.482 e. The third-order valence-electron chi connectivity index (χ3n) is 4.40. The van der Waals surface area contributed by atoms with Gasteiger partial charge in [0, 0.05) is 52.5 Å². The number of hydrogen-bond acceptors (Lipinski definition) is 4. The van der Waals surface area contributed by atoms with Gasteiger partial charge < -0.3 is 19.9 Å². The molecule has 0 radical (unpaired) electrons. The fourth-order valence-corrected chi connectivity index (χ4v) is 3.12. The van der Waals surface area contributed by atoms with Gasteiger partial charge in [-0.15, -0.1) is 0 Å². The molecule has 8 heteroatoms. The summed E-state index contributed by atoms with van der Waals surface area (Å²) in [6.45, 7) is 2.18. The summed E-state index contributed by atoms with van der Waals surface area (Å²) in [5, 5.41) is 7.54. The second-order valence-electron chi connectivity index (χ2n) is 6.51. The highest BCUT2D eigenvalue weighted by Crippen LogP contribution is 2.31. The third-order valence-corrected chi connectivity index (χ3v) is 4.40. The molecule has 0 aliphatic carbocycles. The van der Waals surface area contributed by atoms with Gasteiger partial charge in [0.25, 0.3) is 5.91 Å². The molecule has 1 aliphatic rings. The van der Waals surface area contributed by atoms with Gasteiger partial charge in [-0.05, 0) is 18.6 Å². The van der Waals surface area contributed by atoms with Gasteiger partial charge in [-0.3, -0.25) is 14.5 Å². The second kappa shape index (κ2) is 8.57. The number of carbonyl (C=O) groups excluding carboxylic acids is 1. The van der Waals surface area contributed by atoms with Crippen LogP contribution in [-0.2, 0) is 18.4 Å². The number of amides is 1. The van der Waals surface area contributed by atoms with E-state index in [1.165, 1.54) is 0 Å². The number of benzene rings is 1. The van der Waals surface area contributed by atoms with Crippen molar-refractivity contribution in [1.82, 2.24) is 20.0 Å². The molecule has 0 saturated heterocycles. The van der Waals surface area contributed by atoms with Crippen molar-refractivity contribution >= 4 is 17.6 Å². The first kappa shape index (κ1) is 18.8. The Morgan fingerprint density at radius 3 is 2.96 bits per heavy atom. The van der Waals surface area contributed by atoms with E-state index in [0.717, 1.165) is 42.5 Å². The molecule has 144 valence electrons.